The van der Waals surface area contributed by atoms with Crippen LogP contribution in [-0.4, -0.2) is 11.8 Å². The van der Waals surface area contributed by atoms with Gasteiger partial charge in [0.05, 0.1) is 5.92 Å². The number of ketones is 1. The number of hydrogen-bond acceptors (Lipinski definition) is 4. The van der Waals surface area contributed by atoms with Gasteiger partial charge in [0.25, 0.3) is 0 Å². The third kappa shape index (κ3) is 2.80. The van der Waals surface area contributed by atoms with E-state index in [-0.39, 0.29) is 23.6 Å². The molecule has 2 atom stereocenters. The summed E-state index contributed by atoms with van der Waals surface area (Å²) in [6.45, 7) is 0.479. The largest absolute Gasteiger partial charge is 0.489 e. The van der Waals surface area contributed by atoms with Crippen LogP contribution in [0.4, 0.5) is 0 Å². The first kappa shape index (κ1) is 14.9. The summed E-state index contributed by atoms with van der Waals surface area (Å²) in [4.78, 5) is 24.0. The minimum Gasteiger partial charge on any atom is -0.489 e. The Bertz CT molecular complexity index is 781. The molecule has 2 aromatic rings. The van der Waals surface area contributed by atoms with Crippen molar-refractivity contribution in [3.05, 3.63) is 59.7 Å². The number of hydrogen-bond donors (Lipinski definition) is 0. The third-order valence-electron chi connectivity index (χ3n) is 4.81. The summed E-state index contributed by atoms with van der Waals surface area (Å²) < 4.78 is 11.3. The van der Waals surface area contributed by atoms with Crippen molar-refractivity contribution in [1.82, 2.24) is 0 Å². The Morgan fingerprint density at radius 1 is 1.04 bits per heavy atom. The summed E-state index contributed by atoms with van der Waals surface area (Å²) in [5.41, 5.74) is 2.01. The van der Waals surface area contributed by atoms with Crippen molar-refractivity contribution in [2.75, 3.05) is 0 Å². The van der Waals surface area contributed by atoms with E-state index in [1.165, 1.54) is 0 Å². The molecule has 4 heteroatoms. The van der Waals surface area contributed by atoms with Gasteiger partial charge in [0, 0.05) is 24.3 Å². The SMILES string of the molecule is O=C1CCC2C(=O)Oc3ccc(OCc4ccccc4)cc3[C@H]2C1. The topological polar surface area (TPSA) is 52.6 Å². The van der Waals surface area contributed by atoms with Gasteiger partial charge in [-0.1, -0.05) is 30.3 Å². The molecule has 1 unspecified atom stereocenters. The number of benzene rings is 2. The van der Waals surface area contributed by atoms with Gasteiger partial charge in [0.1, 0.15) is 23.9 Å². The first-order valence-corrected chi connectivity index (χ1v) is 8.25. The quantitative estimate of drug-likeness (QED) is 0.639. The minimum absolute atomic E-state index is 0.0808. The van der Waals surface area contributed by atoms with Gasteiger partial charge in [-0.05, 0) is 30.2 Å². The fourth-order valence-corrected chi connectivity index (χ4v) is 3.54. The Labute approximate surface area is 140 Å². The molecule has 1 aliphatic carbocycles. The molecule has 2 aromatic carbocycles. The Balaban J connectivity index is 1.58. The second-order valence-corrected chi connectivity index (χ2v) is 6.39. The number of ether oxygens (including phenoxy) is 2. The molecule has 1 heterocycles. The van der Waals surface area contributed by atoms with Crippen LogP contribution < -0.4 is 9.47 Å². The van der Waals surface area contributed by atoms with E-state index in [2.05, 4.69) is 0 Å². The van der Waals surface area contributed by atoms with Crippen LogP contribution in [0.5, 0.6) is 11.5 Å². The van der Waals surface area contributed by atoms with Crippen LogP contribution in [0.2, 0.25) is 0 Å². The normalized spacial score (nSPS) is 22.3. The van der Waals surface area contributed by atoms with Crippen molar-refractivity contribution in [1.29, 1.82) is 0 Å². The van der Waals surface area contributed by atoms with Crippen molar-refractivity contribution in [3.63, 3.8) is 0 Å². The highest BCUT2D eigenvalue weighted by Gasteiger charge is 2.41. The zero-order valence-corrected chi connectivity index (χ0v) is 13.2. The van der Waals surface area contributed by atoms with E-state index in [1.807, 2.05) is 36.4 Å². The zero-order chi connectivity index (χ0) is 16.5. The molecule has 0 N–H and O–H groups in total. The number of carbonyl (C=O) groups is 2. The molecule has 0 bridgehead atoms. The maximum absolute atomic E-state index is 12.1. The summed E-state index contributed by atoms with van der Waals surface area (Å²) >= 11 is 0. The van der Waals surface area contributed by atoms with E-state index in [0.29, 0.717) is 31.6 Å². The summed E-state index contributed by atoms with van der Waals surface area (Å²) in [5.74, 6) is 1.00. The first-order valence-electron chi connectivity index (χ1n) is 8.25. The highest BCUT2D eigenvalue weighted by molar-refractivity contribution is 5.87. The molecule has 0 spiro atoms. The van der Waals surface area contributed by atoms with Crippen LogP contribution in [0.3, 0.4) is 0 Å². The smallest absolute Gasteiger partial charge is 0.314 e. The highest BCUT2D eigenvalue weighted by Crippen LogP contribution is 2.45. The minimum atomic E-state index is -0.210. The fraction of sp³-hybridized carbons (Fsp3) is 0.300. The molecule has 4 nitrogen and oxygen atoms in total. The first-order chi connectivity index (χ1) is 11.7. The number of Topliss-reactive ketones (excluding diaryl/α,β-unsaturated/α-hetero) is 1. The summed E-state index contributed by atoms with van der Waals surface area (Å²) in [7, 11) is 0. The molecule has 1 fully saturated rings. The molecule has 0 amide bonds. The van der Waals surface area contributed by atoms with Crippen molar-refractivity contribution in [3.8, 4) is 11.5 Å². The van der Waals surface area contributed by atoms with Gasteiger partial charge in [-0.3, -0.25) is 9.59 Å². The molecule has 122 valence electrons. The number of fused-ring (bicyclic) bond motifs is 3. The van der Waals surface area contributed by atoms with Crippen LogP contribution in [0.25, 0.3) is 0 Å². The fourth-order valence-electron chi connectivity index (χ4n) is 3.54. The standard InChI is InChI=1S/C20H18O4/c21-14-6-8-16-17(10-14)18-11-15(7-9-19(18)24-20(16)22)23-12-13-4-2-1-3-5-13/h1-5,7,9,11,16-17H,6,8,10,12H2/t16?,17-/m0/s1. The average molecular weight is 322 g/mol. The maximum atomic E-state index is 12.1. The highest BCUT2D eigenvalue weighted by atomic mass is 16.5. The summed E-state index contributed by atoms with van der Waals surface area (Å²) in [6.07, 6.45) is 1.46. The zero-order valence-electron chi connectivity index (χ0n) is 13.2. The van der Waals surface area contributed by atoms with Gasteiger partial charge < -0.3 is 9.47 Å². The van der Waals surface area contributed by atoms with Crippen molar-refractivity contribution in [2.45, 2.75) is 31.8 Å². The van der Waals surface area contributed by atoms with E-state index >= 15 is 0 Å². The number of rotatable bonds is 3. The molecule has 2 aliphatic rings. The molecule has 1 aliphatic heterocycles. The van der Waals surface area contributed by atoms with E-state index in [1.54, 1.807) is 12.1 Å². The second kappa shape index (κ2) is 6.11. The Hall–Kier alpha value is -2.62. The molecule has 24 heavy (non-hydrogen) atoms. The Morgan fingerprint density at radius 3 is 2.71 bits per heavy atom. The van der Waals surface area contributed by atoms with E-state index in [9.17, 15) is 9.59 Å². The van der Waals surface area contributed by atoms with E-state index in [4.69, 9.17) is 9.47 Å². The number of carbonyl (C=O) groups excluding carboxylic acids is 2. The van der Waals surface area contributed by atoms with Crippen LogP contribution >= 0.6 is 0 Å². The third-order valence-corrected chi connectivity index (χ3v) is 4.81. The van der Waals surface area contributed by atoms with Gasteiger partial charge >= 0.3 is 5.97 Å². The van der Waals surface area contributed by atoms with Crippen LogP contribution in [-0.2, 0) is 16.2 Å². The predicted molar refractivity (Wildman–Crippen MR) is 87.9 cm³/mol. The van der Waals surface area contributed by atoms with Crippen LogP contribution in [0.1, 0.15) is 36.3 Å². The van der Waals surface area contributed by atoms with Crippen molar-refractivity contribution < 1.29 is 19.1 Å². The molecular weight excluding hydrogens is 304 g/mol. The lowest BCUT2D eigenvalue weighted by Gasteiger charge is -2.34. The summed E-state index contributed by atoms with van der Waals surface area (Å²) in [6, 6.07) is 15.4. The van der Waals surface area contributed by atoms with Gasteiger partial charge in [0.2, 0.25) is 0 Å². The Kier molecular flexibility index (Phi) is 3.81. The number of esters is 1. The second-order valence-electron chi connectivity index (χ2n) is 6.39. The molecule has 0 saturated heterocycles. The van der Waals surface area contributed by atoms with Gasteiger partial charge in [-0.15, -0.1) is 0 Å². The summed E-state index contributed by atoms with van der Waals surface area (Å²) in [5, 5.41) is 0. The monoisotopic (exact) mass is 322 g/mol. The van der Waals surface area contributed by atoms with Crippen molar-refractivity contribution >= 4 is 11.8 Å². The van der Waals surface area contributed by atoms with Gasteiger partial charge in [-0.2, -0.15) is 0 Å². The lowest BCUT2D eigenvalue weighted by molar-refractivity contribution is -0.143. The maximum Gasteiger partial charge on any atom is 0.314 e. The molecule has 0 radical (unpaired) electrons. The van der Waals surface area contributed by atoms with Crippen LogP contribution in [0.15, 0.2) is 48.5 Å². The van der Waals surface area contributed by atoms with Crippen molar-refractivity contribution in [2.24, 2.45) is 5.92 Å². The lowest BCUT2D eigenvalue weighted by atomic mass is 9.73. The average Bonchev–Trinajstić information content (AvgIpc) is 2.61. The molecular formula is C20H18O4. The van der Waals surface area contributed by atoms with Gasteiger partial charge in [0.15, 0.2) is 0 Å². The van der Waals surface area contributed by atoms with Gasteiger partial charge in [-0.25, -0.2) is 0 Å². The van der Waals surface area contributed by atoms with E-state index in [0.717, 1.165) is 16.9 Å². The lowest BCUT2D eigenvalue weighted by Crippen LogP contribution is -2.36. The van der Waals surface area contributed by atoms with Crippen LogP contribution in [0, 0.1) is 5.92 Å². The van der Waals surface area contributed by atoms with E-state index < -0.39 is 0 Å². The molecule has 4 rings (SSSR count). The molecule has 1 saturated carbocycles. The predicted octanol–water partition coefficient (Wildman–Crippen LogP) is 3.64. The molecule has 0 aromatic heterocycles. The Morgan fingerprint density at radius 2 is 1.88 bits per heavy atom.